The smallest absolute Gasteiger partial charge is 0.195 e. The molecule has 136 valence electrons. The van der Waals surface area contributed by atoms with Gasteiger partial charge < -0.3 is 24.8 Å². The molecule has 1 aromatic carbocycles. The quantitative estimate of drug-likeness (QED) is 0.288. The van der Waals surface area contributed by atoms with Crippen LogP contribution in [0.15, 0.2) is 47.7 Å². The van der Waals surface area contributed by atoms with Crippen LogP contribution >= 0.6 is 24.0 Å². The number of aromatic nitrogens is 1. The van der Waals surface area contributed by atoms with Gasteiger partial charge in [-0.2, -0.15) is 0 Å². The zero-order valence-electron chi connectivity index (χ0n) is 14.5. The standard InChI is InChI=1S/C17H22N4O3.HI/c1-18-17(20-9-10-24-14-5-4-8-19-12-14)21-13-6-7-15(22-2)16(11-13)23-3;/h4-8,11-12H,9-10H2,1-3H3,(H2,18,20,21);1H. The second kappa shape index (κ2) is 11.3. The number of pyridine rings is 1. The van der Waals surface area contributed by atoms with Crippen LogP contribution in [0.2, 0.25) is 0 Å². The van der Waals surface area contributed by atoms with Gasteiger partial charge in [-0.25, -0.2) is 0 Å². The Morgan fingerprint density at radius 1 is 1.16 bits per heavy atom. The van der Waals surface area contributed by atoms with Crippen molar-refractivity contribution in [1.29, 1.82) is 0 Å². The van der Waals surface area contributed by atoms with Gasteiger partial charge in [-0.15, -0.1) is 24.0 Å². The zero-order valence-corrected chi connectivity index (χ0v) is 16.8. The molecule has 0 aliphatic rings. The van der Waals surface area contributed by atoms with Gasteiger partial charge in [0.1, 0.15) is 12.4 Å². The summed E-state index contributed by atoms with van der Waals surface area (Å²) in [4.78, 5) is 8.18. The maximum Gasteiger partial charge on any atom is 0.195 e. The first kappa shape index (κ1) is 20.8. The van der Waals surface area contributed by atoms with Crippen LogP contribution in [0.5, 0.6) is 17.2 Å². The molecule has 1 aromatic heterocycles. The molecule has 0 saturated carbocycles. The molecule has 1 heterocycles. The lowest BCUT2D eigenvalue weighted by Gasteiger charge is -2.14. The van der Waals surface area contributed by atoms with Gasteiger partial charge >= 0.3 is 0 Å². The third-order valence-electron chi connectivity index (χ3n) is 3.17. The lowest BCUT2D eigenvalue weighted by atomic mass is 10.3. The van der Waals surface area contributed by atoms with Crippen LogP contribution < -0.4 is 24.8 Å². The SMILES string of the molecule is CN=C(NCCOc1cccnc1)Nc1ccc(OC)c(OC)c1.I. The predicted molar refractivity (Wildman–Crippen MR) is 110 cm³/mol. The Morgan fingerprint density at radius 3 is 2.60 bits per heavy atom. The minimum Gasteiger partial charge on any atom is -0.493 e. The fraction of sp³-hybridized carbons (Fsp3) is 0.294. The van der Waals surface area contributed by atoms with Gasteiger partial charge in [-0.3, -0.25) is 9.98 Å². The molecule has 0 spiro atoms. The molecule has 0 aliphatic heterocycles. The minimum absolute atomic E-state index is 0. The van der Waals surface area contributed by atoms with Gasteiger partial charge in [0.25, 0.3) is 0 Å². The van der Waals surface area contributed by atoms with Crippen molar-refractivity contribution >= 4 is 35.6 Å². The minimum atomic E-state index is 0. The molecule has 0 fully saturated rings. The van der Waals surface area contributed by atoms with E-state index in [1.54, 1.807) is 33.7 Å². The van der Waals surface area contributed by atoms with Crippen LogP contribution in [-0.2, 0) is 0 Å². The Hall–Kier alpha value is -2.23. The van der Waals surface area contributed by atoms with Crippen molar-refractivity contribution in [3.05, 3.63) is 42.7 Å². The molecule has 0 atom stereocenters. The van der Waals surface area contributed by atoms with Crippen LogP contribution in [0.1, 0.15) is 0 Å². The highest BCUT2D eigenvalue weighted by atomic mass is 127. The fourth-order valence-electron chi connectivity index (χ4n) is 2.00. The highest BCUT2D eigenvalue weighted by molar-refractivity contribution is 14.0. The van der Waals surface area contributed by atoms with E-state index >= 15 is 0 Å². The number of ether oxygens (including phenoxy) is 3. The zero-order chi connectivity index (χ0) is 17.2. The van der Waals surface area contributed by atoms with Crippen molar-refractivity contribution in [2.24, 2.45) is 4.99 Å². The van der Waals surface area contributed by atoms with Crippen molar-refractivity contribution in [1.82, 2.24) is 10.3 Å². The molecule has 0 aliphatic carbocycles. The molecule has 7 nitrogen and oxygen atoms in total. The first-order valence-corrected chi connectivity index (χ1v) is 7.49. The maximum absolute atomic E-state index is 5.57. The second-order valence-corrected chi connectivity index (χ2v) is 4.73. The van der Waals surface area contributed by atoms with Crippen molar-refractivity contribution in [3.8, 4) is 17.2 Å². The van der Waals surface area contributed by atoms with E-state index < -0.39 is 0 Å². The molecule has 0 amide bonds. The van der Waals surface area contributed by atoms with Gasteiger partial charge in [0, 0.05) is 25.0 Å². The molecule has 0 radical (unpaired) electrons. The van der Waals surface area contributed by atoms with Crippen LogP contribution in [0.4, 0.5) is 5.69 Å². The number of aliphatic imine (C=N–C) groups is 1. The van der Waals surface area contributed by atoms with E-state index in [1.807, 2.05) is 30.3 Å². The molecular formula is C17H23IN4O3. The van der Waals surface area contributed by atoms with Crippen molar-refractivity contribution in [2.45, 2.75) is 0 Å². The molecule has 8 heteroatoms. The van der Waals surface area contributed by atoms with E-state index in [1.165, 1.54) is 0 Å². The van der Waals surface area contributed by atoms with Crippen LogP contribution in [0, 0.1) is 0 Å². The molecule has 0 unspecified atom stereocenters. The number of anilines is 1. The number of nitrogens with zero attached hydrogens (tertiary/aromatic N) is 2. The lowest BCUT2D eigenvalue weighted by molar-refractivity contribution is 0.321. The first-order valence-electron chi connectivity index (χ1n) is 7.49. The maximum atomic E-state index is 5.57. The highest BCUT2D eigenvalue weighted by Crippen LogP contribution is 2.29. The fourth-order valence-corrected chi connectivity index (χ4v) is 2.00. The Kier molecular flexibility index (Phi) is 9.45. The number of benzene rings is 1. The van der Waals surface area contributed by atoms with E-state index in [2.05, 4.69) is 20.6 Å². The predicted octanol–water partition coefficient (Wildman–Crippen LogP) is 2.78. The normalized spacial score (nSPS) is 10.4. The summed E-state index contributed by atoms with van der Waals surface area (Å²) in [7, 11) is 4.91. The number of guanidine groups is 1. The van der Waals surface area contributed by atoms with Gasteiger partial charge in [0.2, 0.25) is 0 Å². The largest absolute Gasteiger partial charge is 0.493 e. The average molecular weight is 458 g/mol. The summed E-state index contributed by atoms with van der Waals surface area (Å²) >= 11 is 0. The molecule has 25 heavy (non-hydrogen) atoms. The van der Waals surface area contributed by atoms with Gasteiger partial charge in [-0.1, -0.05) is 0 Å². The third kappa shape index (κ3) is 6.65. The molecule has 2 aromatic rings. The summed E-state index contributed by atoms with van der Waals surface area (Å²) in [6, 6.07) is 9.27. The topological polar surface area (TPSA) is 77.0 Å². The number of nitrogens with one attached hydrogen (secondary N) is 2. The van der Waals surface area contributed by atoms with Crippen LogP contribution in [0.25, 0.3) is 0 Å². The number of hydrogen-bond acceptors (Lipinski definition) is 5. The monoisotopic (exact) mass is 458 g/mol. The molecular weight excluding hydrogens is 435 g/mol. The van der Waals surface area contributed by atoms with Crippen molar-refractivity contribution in [2.75, 3.05) is 39.7 Å². The number of methoxy groups -OCH3 is 2. The number of rotatable bonds is 7. The molecule has 2 N–H and O–H groups in total. The summed E-state index contributed by atoms with van der Waals surface area (Å²) in [5.41, 5.74) is 0.842. The van der Waals surface area contributed by atoms with E-state index in [0.29, 0.717) is 30.6 Å². The number of hydrogen-bond donors (Lipinski definition) is 2. The van der Waals surface area contributed by atoms with E-state index in [9.17, 15) is 0 Å². The molecule has 0 saturated heterocycles. The molecule has 2 rings (SSSR count). The Bertz CT molecular complexity index is 668. The molecule has 0 bridgehead atoms. The lowest BCUT2D eigenvalue weighted by Crippen LogP contribution is -2.33. The van der Waals surface area contributed by atoms with Gasteiger partial charge in [0.05, 0.1) is 27.0 Å². The van der Waals surface area contributed by atoms with Gasteiger partial charge in [0.15, 0.2) is 17.5 Å². The summed E-state index contributed by atoms with van der Waals surface area (Å²) in [5, 5.41) is 6.36. The van der Waals surface area contributed by atoms with Crippen LogP contribution in [-0.4, -0.2) is 45.4 Å². The number of halogens is 1. The second-order valence-electron chi connectivity index (χ2n) is 4.73. The Balaban J connectivity index is 0.00000312. The van der Waals surface area contributed by atoms with E-state index in [0.717, 1.165) is 11.4 Å². The van der Waals surface area contributed by atoms with Crippen molar-refractivity contribution < 1.29 is 14.2 Å². The summed E-state index contributed by atoms with van der Waals surface area (Å²) in [5.74, 6) is 2.70. The van der Waals surface area contributed by atoms with Crippen molar-refractivity contribution in [3.63, 3.8) is 0 Å². The third-order valence-corrected chi connectivity index (χ3v) is 3.17. The first-order chi connectivity index (χ1) is 11.8. The van der Waals surface area contributed by atoms with E-state index in [4.69, 9.17) is 14.2 Å². The Labute approximate surface area is 164 Å². The average Bonchev–Trinajstić information content (AvgIpc) is 2.64. The van der Waals surface area contributed by atoms with E-state index in [-0.39, 0.29) is 24.0 Å². The highest BCUT2D eigenvalue weighted by Gasteiger charge is 2.06. The Morgan fingerprint density at radius 2 is 1.96 bits per heavy atom. The summed E-state index contributed by atoms with van der Waals surface area (Å²) < 4.78 is 16.1. The van der Waals surface area contributed by atoms with Gasteiger partial charge in [-0.05, 0) is 24.3 Å². The summed E-state index contributed by atoms with van der Waals surface area (Å²) in [6.07, 6.45) is 3.39. The summed E-state index contributed by atoms with van der Waals surface area (Å²) in [6.45, 7) is 1.10. The van der Waals surface area contributed by atoms with Crippen LogP contribution in [0.3, 0.4) is 0 Å².